The third-order valence-electron chi connectivity index (χ3n) is 10.5. The number of rotatable bonds is 4. The molecule has 0 radical (unpaired) electrons. The van der Waals surface area contributed by atoms with Crippen molar-refractivity contribution in [2.24, 2.45) is 46.3 Å². The third-order valence-corrected chi connectivity index (χ3v) is 10.5. The van der Waals surface area contributed by atoms with Crippen molar-refractivity contribution < 1.29 is 9.90 Å². The molecule has 0 heterocycles. The number of carbonyl (C=O) groups excluding carboxylic acids is 1. The molecule has 0 aliphatic heterocycles. The van der Waals surface area contributed by atoms with Crippen LogP contribution in [-0.2, 0) is 4.79 Å². The summed E-state index contributed by atoms with van der Waals surface area (Å²) in [5.74, 6) is 4.95. The second-order valence-corrected chi connectivity index (χ2v) is 11.8. The van der Waals surface area contributed by atoms with E-state index in [9.17, 15) is 9.90 Å². The van der Waals surface area contributed by atoms with Crippen LogP contribution >= 0.6 is 0 Å². The normalized spacial score (nSPS) is 53.1. The Labute approximate surface area is 166 Å². The van der Waals surface area contributed by atoms with Gasteiger partial charge in [-0.05, 0) is 117 Å². The van der Waals surface area contributed by atoms with Crippen molar-refractivity contribution >= 4 is 6.29 Å². The molecule has 0 aromatic rings. The van der Waals surface area contributed by atoms with E-state index in [1.54, 1.807) is 0 Å². The van der Waals surface area contributed by atoms with Crippen LogP contribution in [0.3, 0.4) is 0 Å². The molecule has 4 saturated carbocycles. The van der Waals surface area contributed by atoms with Gasteiger partial charge < -0.3 is 9.90 Å². The van der Waals surface area contributed by atoms with E-state index in [4.69, 9.17) is 0 Å². The lowest BCUT2D eigenvalue weighted by molar-refractivity contribution is -0.148. The predicted molar refractivity (Wildman–Crippen MR) is 110 cm³/mol. The number of aliphatic hydroxyl groups is 1. The van der Waals surface area contributed by atoms with Crippen molar-refractivity contribution in [3.63, 3.8) is 0 Å². The van der Waals surface area contributed by atoms with Crippen molar-refractivity contribution in [1.29, 1.82) is 0 Å². The van der Waals surface area contributed by atoms with E-state index >= 15 is 0 Å². The number of hydrogen-bond donors (Lipinski definition) is 1. The van der Waals surface area contributed by atoms with Crippen LogP contribution in [-0.4, -0.2) is 17.0 Å². The maximum atomic E-state index is 10.9. The van der Waals surface area contributed by atoms with Gasteiger partial charge in [0.2, 0.25) is 0 Å². The molecule has 4 fully saturated rings. The molecule has 2 heteroatoms. The van der Waals surface area contributed by atoms with E-state index in [-0.39, 0.29) is 0 Å². The molecule has 0 bridgehead atoms. The van der Waals surface area contributed by atoms with Crippen LogP contribution < -0.4 is 0 Å². The van der Waals surface area contributed by atoms with Gasteiger partial charge in [-0.25, -0.2) is 0 Å². The largest absolute Gasteiger partial charge is 0.390 e. The van der Waals surface area contributed by atoms with E-state index in [0.29, 0.717) is 16.7 Å². The summed E-state index contributed by atoms with van der Waals surface area (Å²) in [6.45, 7) is 9.68. The summed E-state index contributed by atoms with van der Waals surface area (Å²) in [6, 6.07) is 0. The van der Waals surface area contributed by atoms with E-state index in [0.717, 1.165) is 61.6 Å². The predicted octanol–water partition coefficient (Wildman–Crippen LogP) is 6.01. The van der Waals surface area contributed by atoms with E-state index < -0.39 is 5.60 Å². The van der Waals surface area contributed by atoms with E-state index in [1.165, 1.54) is 44.9 Å². The third kappa shape index (κ3) is 3.13. The van der Waals surface area contributed by atoms with Gasteiger partial charge in [-0.3, -0.25) is 0 Å². The van der Waals surface area contributed by atoms with Crippen LogP contribution in [0.15, 0.2) is 0 Å². The first kappa shape index (κ1) is 19.9. The SMILES string of the molecule is C[C@H](CCC=O)[C@H]1CC[C@H]2[C@@H]3CC[C@H]4C[C@@](C)(O)CC[C@]4(C)[C@H]3CC[C@]12C. The van der Waals surface area contributed by atoms with Gasteiger partial charge in [0.25, 0.3) is 0 Å². The molecule has 27 heavy (non-hydrogen) atoms. The fourth-order valence-corrected chi connectivity index (χ4v) is 8.94. The molecule has 4 aliphatic rings. The minimum atomic E-state index is -0.424. The molecule has 0 spiro atoms. The Balaban J connectivity index is 1.53. The highest BCUT2D eigenvalue weighted by atomic mass is 16.3. The van der Waals surface area contributed by atoms with Crippen molar-refractivity contribution in [3.8, 4) is 0 Å². The van der Waals surface area contributed by atoms with Crippen LogP contribution in [0.5, 0.6) is 0 Å². The summed E-state index contributed by atoms with van der Waals surface area (Å²) < 4.78 is 0. The first-order chi connectivity index (χ1) is 12.7. The number of hydrogen-bond acceptors (Lipinski definition) is 2. The zero-order valence-corrected chi connectivity index (χ0v) is 18.2. The van der Waals surface area contributed by atoms with Gasteiger partial charge in [-0.1, -0.05) is 20.8 Å². The average Bonchev–Trinajstić information content (AvgIpc) is 2.97. The molecule has 154 valence electrons. The van der Waals surface area contributed by atoms with Crippen molar-refractivity contribution in [3.05, 3.63) is 0 Å². The smallest absolute Gasteiger partial charge is 0.120 e. The molecule has 0 aromatic heterocycles. The minimum Gasteiger partial charge on any atom is -0.390 e. The Bertz CT molecular complexity index is 569. The first-order valence-electron chi connectivity index (χ1n) is 11.9. The Kier molecular flexibility index (Phi) is 5.06. The van der Waals surface area contributed by atoms with Gasteiger partial charge in [0.1, 0.15) is 6.29 Å². The van der Waals surface area contributed by atoms with Crippen molar-refractivity contribution in [2.75, 3.05) is 0 Å². The molecule has 0 unspecified atom stereocenters. The van der Waals surface area contributed by atoms with Crippen LogP contribution in [0.2, 0.25) is 0 Å². The molecule has 0 amide bonds. The Morgan fingerprint density at radius 1 is 0.963 bits per heavy atom. The summed E-state index contributed by atoms with van der Waals surface area (Å²) in [6.07, 6.45) is 14.5. The highest BCUT2D eigenvalue weighted by Crippen LogP contribution is 2.68. The molecule has 4 rings (SSSR count). The summed E-state index contributed by atoms with van der Waals surface area (Å²) >= 11 is 0. The van der Waals surface area contributed by atoms with Gasteiger partial charge >= 0.3 is 0 Å². The van der Waals surface area contributed by atoms with E-state index in [2.05, 4.69) is 27.7 Å². The molecule has 0 aromatic carbocycles. The topological polar surface area (TPSA) is 37.3 Å². The monoisotopic (exact) mass is 374 g/mol. The summed E-state index contributed by atoms with van der Waals surface area (Å²) in [4.78, 5) is 10.9. The molecule has 0 saturated heterocycles. The minimum absolute atomic E-state index is 0.424. The van der Waals surface area contributed by atoms with Gasteiger partial charge in [0, 0.05) is 6.42 Å². The van der Waals surface area contributed by atoms with Crippen LogP contribution in [0, 0.1) is 46.3 Å². The summed E-state index contributed by atoms with van der Waals surface area (Å²) in [5, 5.41) is 10.7. The highest BCUT2D eigenvalue weighted by molar-refractivity contribution is 5.49. The lowest BCUT2D eigenvalue weighted by Gasteiger charge is -2.62. The van der Waals surface area contributed by atoms with Crippen LogP contribution in [0.25, 0.3) is 0 Å². The second kappa shape index (κ2) is 6.85. The Morgan fingerprint density at radius 2 is 1.70 bits per heavy atom. The second-order valence-electron chi connectivity index (χ2n) is 11.8. The quantitative estimate of drug-likeness (QED) is 0.612. The Hall–Kier alpha value is -0.370. The molecule has 9 atom stereocenters. The molecule has 2 nitrogen and oxygen atoms in total. The standard InChI is InChI=1S/C25H42O2/c1-17(6-5-15-26)20-9-10-21-19-8-7-18-16-23(2,27)13-14-24(18,3)22(19)11-12-25(20,21)4/h15,17-22,27H,5-14,16H2,1-4H3/t17-,18+,19+,20-,21+,22+,23+,24+,25-/m1/s1. The molecule has 1 N–H and O–H groups in total. The number of fused-ring (bicyclic) bond motifs is 5. The van der Waals surface area contributed by atoms with E-state index in [1.807, 2.05) is 0 Å². The summed E-state index contributed by atoms with van der Waals surface area (Å²) in [5.41, 5.74) is 0.549. The maximum absolute atomic E-state index is 10.9. The maximum Gasteiger partial charge on any atom is 0.120 e. The van der Waals surface area contributed by atoms with Crippen LogP contribution in [0.4, 0.5) is 0 Å². The highest BCUT2D eigenvalue weighted by Gasteiger charge is 2.61. The van der Waals surface area contributed by atoms with Crippen LogP contribution in [0.1, 0.15) is 98.3 Å². The van der Waals surface area contributed by atoms with Gasteiger partial charge in [0.15, 0.2) is 0 Å². The average molecular weight is 375 g/mol. The summed E-state index contributed by atoms with van der Waals surface area (Å²) in [7, 11) is 0. The number of carbonyl (C=O) groups is 1. The lowest BCUT2D eigenvalue weighted by Crippen LogP contribution is -2.55. The van der Waals surface area contributed by atoms with Gasteiger partial charge in [-0.15, -0.1) is 0 Å². The first-order valence-corrected chi connectivity index (χ1v) is 11.9. The molecular weight excluding hydrogens is 332 g/mol. The fourth-order valence-electron chi connectivity index (χ4n) is 8.94. The fraction of sp³-hybridized carbons (Fsp3) is 0.960. The molecule has 4 aliphatic carbocycles. The zero-order chi connectivity index (χ0) is 19.4. The number of aldehydes is 1. The van der Waals surface area contributed by atoms with Crippen molar-refractivity contribution in [1.82, 2.24) is 0 Å². The zero-order valence-electron chi connectivity index (χ0n) is 18.2. The molecular formula is C25H42O2. The lowest BCUT2D eigenvalue weighted by atomic mass is 9.43. The van der Waals surface area contributed by atoms with Gasteiger partial charge in [-0.2, -0.15) is 0 Å². The Morgan fingerprint density at radius 3 is 2.44 bits per heavy atom. The van der Waals surface area contributed by atoms with Gasteiger partial charge in [0.05, 0.1) is 5.60 Å². The van der Waals surface area contributed by atoms with Crippen molar-refractivity contribution in [2.45, 2.75) is 104 Å².